The number of aromatic nitrogens is 2. The van der Waals surface area contributed by atoms with Crippen molar-refractivity contribution in [2.45, 2.75) is 0 Å². The largest absolute Gasteiger partial charge is 2.00 e. The molecule has 1 aromatic heterocycles. The Balaban J connectivity index is 0.000000640. The van der Waals surface area contributed by atoms with Crippen LogP contribution in [-0.2, 0) is 18.6 Å². The normalized spacial score (nSPS) is 7.56. The van der Waals surface area contributed by atoms with Crippen molar-refractivity contribution in [3.05, 3.63) is 30.9 Å². The van der Waals surface area contributed by atoms with E-state index in [1.54, 1.807) is 12.4 Å². The SMILES string of the molecule is [CH-]=Cc1[c-]nccn1.[V+2]. The Hall–Kier alpha value is -0.596. The van der Waals surface area contributed by atoms with Gasteiger partial charge in [-0.05, 0) is 6.20 Å². The first-order chi connectivity index (χ1) is 3.93. The minimum atomic E-state index is 0. The van der Waals surface area contributed by atoms with E-state index in [1.807, 2.05) is 0 Å². The summed E-state index contributed by atoms with van der Waals surface area (Å²) in [5, 5.41) is 0. The topological polar surface area (TPSA) is 25.8 Å². The van der Waals surface area contributed by atoms with Crippen LogP contribution in [0.1, 0.15) is 5.69 Å². The van der Waals surface area contributed by atoms with Gasteiger partial charge in [-0.15, -0.1) is 0 Å². The molecule has 1 rings (SSSR count). The monoisotopic (exact) mass is 155 g/mol. The van der Waals surface area contributed by atoms with Crippen LogP contribution in [0.2, 0.25) is 0 Å². The Kier molecular flexibility index (Phi) is 4.02. The maximum absolute atomic E-state index is 5.09. The summed E-state index contributed by atoms with van der Waals surface area (Å²) in [5.41, 5.74) is 0.576. The molecule has 0 aliphatic heterocycles. The van der Waals surface area contributed by atoms with Crippen LogP contribution in [0.5, 0.6) is 0 Å². The first-order valence-electron chi connectivity index (χ1n) is 2.17. The fraction of sp³-hybridized carbons (Fsp3) is 0. The van der Waals surface area contributed by atoms with Crippen molar-refractivity contribution >= 4 is 6.08 Å². The predicted octanol–water partition coefficient (Wildman–Crippen LogP) is 0.720. The Bertz CT molecular complexity index is 174. The van der Waals surface area contributed by atoms with Crippen molar-refractivity contribution in [1.29, 1.82) is 0 Å². The average Bonchev–Trinajstić information content (AvgIpc) is 1.90. The minimum absolute atomic E-state index is 0. The summed E-state index contributed by atoms with van der Waals surface area (Å²) in [6, 6.07) is 0. The van der Waals surface area contributed by atoms with Crippen molar-refractivity contribution in [1.82, 2.24) is 9.97 Å². The third kappa shape index (κ3) is 2.45. The molecule has 9 heavy (non-hydrogen) atoms. The van der Waals surface area contributed by atoms with Gasteiger partial charge >= 0.3 is 18.6 Å². The van der Waals surface area contributed by atoms with Crippen molar-refractivity contribution in [2.24, 2.45) is 0 Å². The molecule has 0 N–H and O–H groups in total. The van der Waals surface area contributed by atoms with E-state index >= 15 is 0 Å². The van der Waals surface area contributed by atoms with Crippen LogP contribution in [0, 0.1) is 12.8 Å². The van der Waals surface area contributed by atoms with Crippen LogP contribution < -0.4 is 0 Å². The van der Waals surface area contributed by atoms with Crippen LogP contribution in [-0.4, -0.2) is 9.97 Å². The van der Waals surface area contributed by atoms with Gasteiger partial charge in [-0.3, -0.25) is 0 Å². The maximum Gasteiger partial charge on any atom is 2.00 e. The van der Waals surface area contributed by atoms with Gasteiger partial charge < -0.3 is 22.6 Å². The summed E-state index contributed by atoms with van der Waals surface area (Å²) in [7, 11) is 0. The summed E-state index contributed by atoms with van der Waals surface area (Å²) in [6.45, 7) is 5.09. The molecule has 0 unspecified atom stereocenters. The van der Waals surface area contributed by atoms with Gasteiger partial charge in [0.15, 0.2) is 0 Å². The molecule has 0 saturated carbocycles. The van der Waals surface area contributed by atoms with Crippen LogP contribution in [0.25, 0.3) is 6.08 Å². The summed E-state index contributed by atoms with van der Waals surface area (Å²) in [5.74, 6) is 0. The van der Waals surface area contributed by atoms with E-state index in [0.29, 0.717) is 5.69 Å². The minimum Gasteiger partial charge on any atom is -0.410 e. The van der Waals surface area contributed by atoms with Gasteiger partial charge in [0.1, 0.15) is 0 Å². The molecule has 0 spiro atoms. The van der Waals surface area contributed by atoms with Gasteiger partial charge in [-0.1, -0.05) is 6.20 Å². The molecule has 0 aliphatic rings. The molecule has 0 bridgehead atoms. The standard InChI is InChI=1S/C6H4N2.V/c1-2-6-5-7-3-4-8-6;/h1-4H;/q-2;+2. The number of rotatable bonds is 1. The molecule has 1 heterocycles. The second kappa shape index (κ2) is 4.30. The van der Waals surface area contributed by atoms with E-state index in [0.717, 1.165) is 0 Å². The van der Waals surface area contributed by atoms with Gasteiger partial charge in [-0.25, -0.2) is 0 Å². The quantitative estimate of drug-likeness (QED) is 0.558. The summed E-state index contributed by atoms with van der Waals surface area (Å²) in [6.07, 6.45) is 7.04. The molecular weight excluding hydrogens is 151 g/mol. The number of hydrogen-bond donors (Lipinski definition) is 0. The molecule has 0 aromatic carbocycles. The van der Waals surface area contributed by atoms with E-state index in [4.69, 9.17) is 6.58 Å². The Morgan fingerprint density at radius 1 is 1.56 bits per heavy atom. The number of hydrogen-bond acceptors (Lipinski definition) is 2. The van der Waals surface area contributed by atoms with E-state index in [9.17, 15) is 0 Å². The molecule has 0 aliphatic carbocycles. The fourth-order valence-electron chi connectivity index (χ4n) is 0.360. The smallest absolute Gasteiger partial charge is 0.410 e. The predicted molar refractivity (Wildman–Crippen MR) is 29.6 cm³/mol. The first-order valence-corrected chi connectivity index (χ1v) is 2.17. The van der Waals surface area contributed by atoms with Crippen molar-refractivity contribution in [3.8, 4) is 0 Å². The van der Waals surface area contributed by atoms with Crippen LogP contribution in [0.15, 0.2) is 12.4 Å². The Morgan fingerprint density at radius 2 is 2.33 bits per heavy atom. The zero-order chi connectivity index (χ0) is 5.82. The van der Waals surface area contributed by atoms with Crippen molar-refractivity contribution < 1.29 is 18.6 Å². The van der Waals surface area contributed by atoms with Gasteiger partial charge in [0.05, 0.1) is 0 Å². The number of nitrogens with zero attached hydrogens (tertiary/aromatic N) is 2. The van der Waals surface area contributed by atoms with Crippen molar-refractivity contribution in [3.63, 3.8) is 0 Å². The summed E-state index contributed by atoms with van der Waals surface area (Å²) in [4.78, 5) is 7.46. The summed E-state index contributed by atoms with van der Waals surface area (Å²) >= 11 is 0. The van der Waals surface area contributed by atoms with E-state index in [-0.39, 0.29) is 18.6 Å². The van der Waals surface area contributed by atoms with E-state index in [1.165, 1.54) is 6.08 Å². The molecule has 0 amide bonds. The fourth-order valence-corrected chi connectivity index (χ4v) is 0.360. The molecule has 3 heteroatoms. The molecular formula is C6H4N2V. The zero-order valence-electron chi connectivity index (χ0n) is 4.65. The van der Waals surface area contributed by atoms with Crippen LogP contribution >= 0.6 is 0 Å². The molecule has 1 radical (unpaired) electrons. The average molecular weight is 155 g/mol. The third-order valence-corrected chi connectivity index (χ3v) is 0.692. The second-order valence-electron chi connectivity index (χ2n) is 1.22. The van der Waals surface area contributed by atoms with Crippen LogP contribution in [0.3, 0.4) is 0 Å². The third-order valence-electron chi connectivity index (χ3n) is 0.692. The van der Waals surface area contributed by atoms with E-state index in [2.05, 4.69) is 16.2 Å². The Morgan fingerprint density at radius 3 is 2.67 bits per heavy atom. The van der Waals surface area contributed by atoms with E-state index < -0.39 is 0 Å². The zero-order valence-corrected chi connectivity index (χ0v) is 6.05. The molecule has 0 atom stereocenters. The molecule has 2 nitrogen and oxygen atoms in total. The first kappa shape index (κ1) is 8.40. The van der Waals surface area contributed by atoms with Gasteiger partial charge in [0.25, 0.3) is 0 Å². The van der Waals surface area contributed by atoms with Crippen molar-refractivity contribution in [2.75, 3.05) is 0 Å². The van der Waals surface area contributed by atoms with Gasteiger partial charge in [0, 0.05) is 0 Å². The molecule has 43 valence electrons. The maximum atomic E-state index is 5.09. The summed E-state index contributed by atoms with van der Waals surface area (Å²) < 4.78 is 0. The molecule has 0 fully saturated rings. The van der Waals surface area contributed by atoms with Gasteiger partial charge in [0.2, 0.25) is 0 Å². The van der Waals surface area contributed by atoms with Crippen LogP contribution in [0.4, 0.5) is 0 Å². The molecule has 1 aromatic rings. The molecule has 0 saturated heterocycles. The second-order valence-corrected chi connectivity index (χ2v) is 1.22. The Labute approximate surface area is 65.9 Å². The van der Waals surface area contributed by atoms with Gasteiger partial charge in [-0.2, -0.15) is 11.9 Å².